The van der Waals surface area contributed by atoms with Gasteiger partial charge in [0.15, 0.2) is 0 Å². The van der Waals surface area contributed by atoms with Crippen molar-refractivity contribution < 1.29 is 4.79 Å². The average Bonchev–Trinajstić information content (AvgIpc) is 2.19. The fraction of sp³-hybridized carbons (Fsp3) is 0.417. The summed E-state index contributed by atoms with van der Waals surface area (Å²) in [7, 11) is 0. The Morgan fingerprint density at radius 2 is 1.88 bits per heavy atom. The fourth-order valence-electron chi connectivity index (χ4n) is 1.46. The van der Waals surface area contributed by atoms with Crippen LogP contribution in [0.1, 0.15) is 25.3 Å². The molecule has 0 heterocycles. The highest BCUT2D eigenvalue weighted by Gasteiger charge is 2.18. The Hall–Kier alpha value is -1.06. The van der Waals surface area contributed by atoms with E-state index in [1.165, 1.54) is 0 Å². The zero-order chi connectivity index (χ0) is 11.3. The molecule has 0 aromatic heterocycles. The molecular weight excluding hydrogens is 224 g/mol. The lowest BCUT2D eigenvalue weighted by molar-refractivity contribution is -0.122. The SMILES string of the molecule is CC(C)NC(=O)C(CN)c1ccccc1.Cl. The van der Waals surface area contributed by atoms with Crippen LogP contribution in [0.5, 0.6) is 0 Å². The number of hydrogen-bond acceptors (Lipinski definition) is 2. The molecular formula is C12H19ClN2O. The molecule has 0 radical (unpaired) electrons. The fourth-order valence-corrected chi connectivity index (χ4v) is 1.46. The summed E-state index contributed by atoms with van der Waals surface area (Å²) in [6.45, 7) is 4.22. The van der Waals surface area contributed by atoms with Gasteiger partial charge in [-0.05, 0) is 19.4 Å². The first-order valence-electron chi connectivity index (χ1n) is 5.20. The van der Waals surface area contributed by atoms with Gasteiger partial charge in [0.25, 0.3) is 0 Å². The van der Waals surface area contributed by atoms with Crippen LogP contribution < -0.4 is 11.1 Å². The number of nitrogens with two attached hydrogens (primary N) is 1. The van der Waals surface area contributed by atoms with Crippen molar-refractivity contribution >= 4 is 18.3 Å². The molecule has 1 atom stereocenters. The maximum absolute atomic E-state index is 11.8. The Balaban J connectivity index is 0.00000225. The van der Waals surface area contributed by atoms with Crippen molar-refractivity contribution in [1.29, 1.82) is 0 Å². The summed E-state index contributed by atoms with van der Waals surface area (Å²) in [4.78, 5) is 11.8. The molecule has 4 heteroatoms. The second-order valence-corrected chi connectivity index (χ2v) is 3.86. The summed E-state index contributed by atoms with van der Waals surface area (Å²) >= 11 is 0. The molecule has 0 aliphatic rings. The van der Waals surface area contributed by atoms with Crippen molar-refractivity contribution in [2.75, 3.05) is 6.54 Å². The van der Waals surface area contributed by atoms with Gasteiger partial charge in [0.05, 0.1) is 5.92 Å². The minimum Gasteiger partial charge on any atom is -0.353 e. The van der Waals surface area contributed by atoms with E-state index in [9.17, 15) is 4.79 Å². The zero-order valence-electron chi connectivity index (χ0n) is 9.64. The van der Waals surface area contributed by atoms with E-state index in [4.69, 9.17) is 5.73 Å². The summed E-state index contributed by atoms with van der Waals surface area (Å²) in [6, 6.07) is 9.77. The molecule has 0 saturated carbocycles. The van der Waals surface area contributed by atoms with Crippen molar-refractivity contribution in [3.05, 3.63) is 35.9 Å². The van der Waals surface area contributed by atoms with Crippen LogP contribution in [0, 0.1) is 0 Å². The molecule has 1 aromatic carbocycles. The largest absolute Gasteiger partial charge is 0.353 e. The Morgan fingerprint density at radius 1 is 1.31 bits per heavy atom. The minimum atomic E-state index is -0.242. The van der Waals surface area contributed by atoms with Gasteiger partial charge in [-0.1, -0.05) is 30.3 Å². The summed E-state index contributed by atoms with van der Waals surface area (Å²) in [6.07, 6.45) is 0. The van der Waals surface area contributed by atoms with Crippen LogP contribution in [0.15, 0.2) is 30.3 Å². The average molecular weight is 243 g/mol. The van der Waals surface area contributed by atoms with E-state index in [0.717, 1.165) is 5.56 Å². The van der Waals surface area contributed by atoms with E-state index >= 15 is 0 Å². The van der Waals surface area contributed by atoms with Crippen LogP contribution in [-0.2, 0) is 4.79 Å². The predicted octanol–water partition coefficient (Wildman–Crippen LogP) is 1.68. The molecule has 1 rings (SSSR count). The molecule has 90 valence electrons. The number of halogens is 1. The minimum absolute atomic E-state index is 0. The summed E-state index contributed by atoms with van der Waals surface area (Å²) in [5.74, 6) is -0.243. The van der Waals surface area contributed by atoms with Crippen molar-refractivity contribution in [2.45, 2.75) is 25.8 Å². The number of nitrogens with one attached hydrogen (secondary N) is 1. The van der Waals surface area contributed by atoms with Gasteiger partial charge >= 0.3 is 0 Å². The summed E-state index contributed by atoms with van der Waals surface area (Å²) < 4.78 is 0. The summed E-state index contributed by atoms with van der Waals surface area (Å²) in [5.41, 5.74) is 6.59. The Morgan fingerprint density at radius 3 is 2.31 bits per heavy atom. The van der Waals surface area contributed by atoms with Gasteiger partial charge in [0.1, 0.15) is 0 Å². The molecule has 0 spiro atoms. The molecule has 1 aromatic rings. The quantitative estimate of drug-likeness (QED) is 0.844. The van der Waals surface area contributed by atoms with E-state index in [2.05, 4.69) is 5.32 Å². The molecule has 16 heavy (non-hydrogen) atoms. The third-order valence-electron chi connectivity index (χ3n) is 2.19. The molecule has 0 bridgehead atoms. The third kappa shape index (κ3) is 4.21. The third-order valence-corrected chi connectivity index (χ3v) is 2.19. The Kier molecular flexibility index (Phi) is 6.77. The number of carbonyl (C=O) groups is 1. The molecule has 0 saturated heterocycles. The van der Waals surface area contributed by atoms with Crippen LogP contribution in [-0.4, -0.2) is 18.5 Å². The lowest BCUT2D eigenvalue weighted by Crippen LogP contribution is -2.37. The highest BCUT2D eigenvalue weighted by molar-refractivity contribution is 5.85. The van der Waals surface area contributed by atoms with Crippen LogP contribution in [0.3, 0.4) is 0 Å². The smallest absolute Gasteiger partial charge is 0.229 e. The van der Waals surface area contributed by atoms with Gasteiger partial charge in [0.2, 0.25) is 5.91 Å². The highest BCUT2D eigenvalue weighted by Crippen LogP contribution is 2.14. The maximum atomic E-state index is 11.8. The Labute approximate surface area is 103 Å². The van der Waals surface area contributed by atoms with Crippen LogP contribution >= 0.6 is 12.4 Å². The number of hydrogen-bond donors (Lipinski definition) is 2. The normalized spacial score (nSPS) is 11.8. The van der Waals surface area contributed by atoms with Crippen LogP contribution in [0.25, 0.3) is 0 Å². The first-order valence-corrected chi connectivity index (χ1v) is 5.20. The topological polar surface area (TPSA) is 55.1 Å². The van der Waals surface area contributed by atoms with Gasteiger partial charge < -0.3 is 11.1 Å². The van der Waals surface area contributed by atoms with Gasteiger partial charge in [-0.3, -0.25) is 4.79 Å². The monoisotopic (exact) mass is 242 g/mol. The molecule has 1 amide bonds. The van der Waals surface area contributed by atoms with Crippen molar-refractivity contribution in [2.24, 2.45) is 5.73 Å². The standard InChI is InChI=1S/C12H18N2O.ClH/c1-9(2)14-12(15)11(8-13)10-6-4-3-5-7-10;/h3-7,9,11H,8,13H2,1-2H3,(H,14,15);1H. The van der Waals surface area contributed by atoms with Crippen molar-refractivity contribution in [3.8, 4) is 0 Å². The van der Waals surface area contributed by atoms with Crippen LogP contribution in [0.4, 0.5) is 0 Å². The van der Waals surface area contributed by atoms with E-state index in [-0.39, 0.29) is 30.3 Å². The molecule has 1 unspecified atom stereocenters. The number of amides is 1. The lowest BCUT2D eigenvalue weighted by atomic mass is 9.98. The second kappa shape index (κ2) is 7.25. The van der Waals surface area contributed by atoms with Gasteiger partial charge in [-0.15, -0.1) is 12.4 Å². The molecule has 3 nitrogen and oxygen atoms in total. The zero-order valence-corrected chi connectivity index (χ0v) is 10.5. The van der Waals surface area contributed by atoms with E-state index in [1.807, 2.05) is 44.2 Å². The number of rotatable bonds is 4. The molecule has 0 aliphatic carbocycles. The van der Waals surface area contributed by atoms with E-state index in [0.29, 0.717) is 6.54 Å². The number of benzene rings is 1. The van der Waals surface area contributed by atoms with Gasteiger partial charge in [-0.2, -0.15) is 0 Å². The molecule has 3 N–H and O–H groups in total. The first-order chi connectivity index (χ1) is 7.15. The number of carbonyl (C=O) groups excluding carboxylic acids is 1. The molecule has 0 aliphatic heterocycles. The van der Waals surface area contributed by atoms with Crippen LogP contribution in [0.2, 0.25) is 0 Å². The summed E-state index contributed by atoms with van der Waals surface area (Å²) in [5, 5.41) is 2.87. The van der Waals surface area contributed by atoms with Gasteiger partial charge in [0, 0.05) is 12.6 Å². The first kappa shape index (κ1) is 14.9. The second-order valence-electron chi connectivity index (χ2n) is 3.86. The molecule has 0 fully saturated rings. The predicted molar refractivity (Wildman–Crippen MR) is 68.8 cm³/mol. The lowest BCUT2D eigenvalue weighted by Gasteiger charge is -2.17. The van der Waals surface area contributed by atoms with E-state index < -0.39 is 0 Å². The highest BCUT2D eigenvalue weighted by atomic mass is 35.5. The van der Waals surface area contributed by atoms with Gasteiger partial charge in [-0.25, -0.2) is 0 Å². The van der Waals surface area contributed by atoms with Crippen molar-refractivity contribution in [1.82, 2.24) is 5.32 Å². The Bertz CT molecular complexity index is 314. The van der Waals surface area contributed by atoms with E-state index in [1.54, 1.807) is 0 Å². The van der Waals surface area contributed by atoms with Crippen molar-refractivity contribution in [3.63, 3.8) is 0 Å². The maximum Gasteiger partial charge on any atom is 0.229 e.